The smallest absolute Gasteiger partial charge is 0.408 e. The van der Waals surface area contributed by atoms with Gasteiger partial charge in [-0.2, -0.15) is 13.2 Å². The van der Waals surface area contributed by atoms with Crippen LogP contribution in [0.1, 0.15) is 42.6 Å². The lowest BCUT2D eigenvalue weighted by Crippen LogP contribution is -2.60. The summed E-state index contributed by atoms with van der Waals surface area (Å²) in [5.74, 6) is -3.33. The maximum atomic E-state index is 14.3. The summed E-state index contributed by atoms with van der Waals surface area (Å²) in [7, 11) is 1.52. The number of aldehydes is 1. The van der Waals surface area contributed by atoms with E-state index < -0.39 is 64.3 Å². The molecule has 0 radical (unpaired) electrons. The van der Waals surface area contributed by atoms with Crippen molar-refractivity contribution in [3.63, 3.8) is 0 Å². The van der Waals surface area contributed by atoms with E-state index in [-0.39, 0.29) is 32.5 Å². The highest BCUT2D eigenvalue weighted by atomic mass is 19.4. The molecule has 2 atom stereocenters. The van der Waals surface area contributed by atoms with Gasteiger partial charge in [-0.15, -0.1) is 0 Å². The maximum absolute atomic E-state index is 14.3. The summed E-state index contributed by atoms with van der Waals surface area (Å²) < 4.78 is 60.1. The van der Waals surface area contributed by atoms with E-state index in [0.717, 1.165) is 4.90 Å². The standard InChI is InChI=1S/C29H29F4N5O6/c1-4-37-25(41)28(38(26(37)42)18-6-8-23-22(14-18)35(3)27(43)44-23)9-11-36(12-10-28)16(2)21(15-39)34-24(40)19-13-17(29(31,32)33)5-7-20(19)30/h5-8,13-16,21H,4,9-12H2,1-3H3,(H,34,40)/t16?,21-/m0/s1. The van der Waals surface area contributed by atoms with Crippen LogP contribution in [0.3, 0.4) is 0 Å². The second kappa shape index (κ2) is 11.2. The highest BCUT2D eigenvalue weighted by Gasteiger charge is 2.58. The zero-order valence-corrected chi connectivity index (χ0v) is 24.0. The molecule has 1 spiro atoms. The Labute approximate surface area is 248 Å². The van der Waals surface area contributed by atoms with Gasteiger partial charge in [0.05, 0.1) is 22.7 Å². The molecule has 0 aliphatic carbocycles. The van der Waals surface area contributed by atoms with Gasteiger partial charge in [0.25, 0.3) is 11.8 Å². The number of aromatic nitrogens is 1. The molecule has 11 nitrogen and oxygen atoms in total. The Morgan fingerprint density at radius 1 is 1.11 bits per heavy atom. The number of carbonyl (C=O) groups is 4. The molecule has 44 heavy (non-hydrogen) atoms. The molecule has 4 amide bonds. The summed E-state index contributed by atoms with van der Waals surface area (Å²) in [5, 5.41) is 2.32. The number of carbonyl (C=O) groups excluding carboxylic acids is 4. The van der Waals surface area contributed by atoms with Crippen molar-refractivity contribution in [2.75, 3.05) is 24.5 Å². The molecule has 2 aliphatic rings. The molecule has 234 valence electrons. The van der Waals surface area contributed by atoms with Gasteiger partial charge in [-0.25, -0.2) is 14.0 Å². The van der Waals surface area contributed by atoms with E-state index in [0.29, 0.717) is 41.3 Å². The van der Waals surface area contributed by atoms with E-state index in [2.05, 4.69) is 5.32 Å². The number of likely N-dealkylation sites (tertiary alicyclic amines) is 1. The molecule has 5 rings (SSSR count). The molecule has 2 aromatic carbocycles. The third kappa shape index (κ3) is 5.04. The Bertz CT molecular complexity index is 1710. The minimum absolute atomic E-state index is 0.133. The number of piperidine rings is 1. The fraction of sp³-hybridized carbons (Fsp3) is 0.414. The Morgan fingerprint density at radius 3 is 2.41 bits per heavy atom. The van der Waals surface area contributed by atoms with Crippen LogP contribution >= 0.6 is 0 Å². The number of hydrogen-bond acceptors (Lipinski definition) is 7. The minimum Gasteiger partial charge on any atom is -0.408 e. The number of hydrogen-bond donors (Lipinski definition) is 1. The van der Waals surface area contributed by atoms with Crippen LogP contribution in [0.4, 0.5) is 28.0 Å². The number of benzene rings is 2. The number of imide groups is 1. The zero-order valence-electron chi connectivity index (χ0n) is 24.0. The van der Waals surface area contributed by atoms with Crippen LogP contribution in [0, 0.1) is 5.82 Å². The minimum atomic E-state index is -4.80. The first kappa shape index (κ1) is 30.9. The largest absolute Gasteiger partial charge is 0.419 e. The van der Waals surface area contributed by atoms with Gasteiger partial charge >= 0.3 is 18.0 Å². The van der Waals surface area contributed by atoms with Crippen molar-refractivity contribution in [2.45, 2.75) is 50.5 Å². The van der Waals surface area contributed by atoms with Crippen LogP contribution in [0.5, 0.6) is 0 Å². The van der Waals surface area contributed by atoms with Gasteiger partial charge < -0.3 is 14.5 Å². The number of rotatable bonds is 7. The first-order valence-corrected chi connectivity index (χ1v) is 13.9. The number of nitrogens with zero attached hydrogens (tertiary/aromatic N) is 4. The fourth-order valence-electron chi connectivity index (χ4n) is 5.97. The molecule has 1 N–H and O–H groups in total. The van der Waals surface area contributed by atoms with Crippen molar-refractivity contribution in [3.05, 3.63) is 63.9 Å². The van der Waals surface area contributed by atoms with Crippen LogP contribution in [0.2, 0.25) is 0 Å². The van der Waals surface area contributed by atoms with E-state index in [4.69, 9.17) is 4.42 Å². The average Bonchev–Trinajstić information content (AvgIpc) is 3.38. The SMILES string of the molecule is CCN1C(=O)N(c2ccc3oc(=O)n(C)c3c2)C2(CCN(C(C)[C@H](C=O)NC(=O)c3cc(C(F)(F)F)ccc3F)CC2)C1=O. The molecule has 2 saturated heterocycles. The van der Waals surface area contributed by atoms with Gasteiger partial charge in [-0.3, -0.25) is 28.9 Å². The van der Waals surface area contributed by atoms with Gasteiger partial charge in [-0.1, -0.05) is 0 Å². The van der Waals surface area contributed by atoms with Crippen LogP contribution in [-0.2, 0) is 22.8 Å². The summed E-state index contributed by atoms with van der Waals surface area (Å²) in [4.78, 5) is 68.4. The second-order valence-corrected chi connectivity index (χ2v) is 10.9. The molecule has 0 bridgehead atoms. The summed E-state index contributed by atoms with van der Waals surface area (Å²) in [6, 6.07) is 3.75. The van der Waals surface area contributed by atoms with Crippen LogP contribution in [-0.4, -0.2) is 75.8 Å². The van der Waals surface area contributed by atoms with Gasteiger partial charge in [0.1, 0.15) is 17.6 Å². The number of anilines is 1. The molecule has 15 heteroatoms. The summed E-state index contributed by atoms with van der Waals surface area (Å²) in [5.41, 5.74) is -2.18. The van der Waals surface area contributed by atoms with E-state index in [1.807, 2.05) is 0 Å². The Hall–Kier alpha value is -4.53. The molecule has 2 aliphatic heterocycles. The summed E-state index contributed by atoms with van der Waals surface area (Å²) in [6.07, 6.45) is -4.08. The van der Waals surface area contributed by atoms with Crippen molar-refractivity contribution < 1.29 is 41.2 Å². The molecular weight excluding hydrogens is 590 g/mol. The number of halogens is 4. The lowest BCUT2D eigenvalue weighted by atomic mass is 9.84. The number of urea groups is 1. The highest BCUT2D eigenvalue weighted by Crippen LogP contribution is 2.41. The Balaban J connectivity index is 1.37. The summed E-state index contributed by atoms with van der Waals surface area (Å²) >= 11 is 0. The number of nitrogens with one attached hydrogen (secondary N) is 1. The van der Waals surface area contributed by atoms with E-state index in [9.17, 15) is 41.5 Å². The van der Waals surface area contributed by atoms with Crippen molar-refractivity contribution in [1.29, 1.82) is 0 Å². The maximum Gasteiger partial charge on any atom is 0.419 e. The van der Waals surface area contributed by atoms with Crippen molar-refractivity contribution in [1.82, 2.24) is 19.7 Å². The van der Waals surface area contributed by atoms with Gasteiger partial charge in [0.2, 0.25) is 0 Å². The third-order valence-electron chi connectivity index (χ3n) is 8.55. The fourth-order valence-corrected chi connectivity index (χ4v) is 5.97. The predicted molar refractivity (Wildman–Crippen MR) is 148 cm³/mol. The highest BCUT2D eigenvalue weighted by molar-refractivity contribution is 6.17. The summed E-state index contributed by atoms with van der Waals surface area (Å²) in [6.45, 7) is 3.84. The van der Waals surface area contributed by atoms with Gasteiger partial charge in [0.15, 0.2) is 5.58 Å². The normalized spacial score (nSPS) is 18.7. The Morgan fingerprint density at radius 2 is 1.80 bits per heavy atom. The monoisotopic (exact) mass is 619 g/mol. The number of alkyl halides is 3. The lowest BCUT2D eigenvalue weighted by Gasteiger charge is -2.44. The third-order valence-corrected chi connectivity index (χ3v) is 8.55. The number of oxazole rings is 1. The number of fused-ring (bicyclic) bond motifs is 1. The number of likely N-dealkylation sites (N-methyl/N-ethyl adjacent to an activating group) is 1. The molecule has 2 fully saturated rings. The van der Waals surface area contributed by atoms with Crippen LogP contribution < -0.4 is 16.0 Å². The van der Waals surface area contributed by atoms with E-state index >= 15 is 0 Å². The van der Waals surface area contributed by atoms with Crippen molar-refractivity contribution in [2.24, 2.45) is 7.05 Å². The lowest BCUT2D eigenvalue weighted by molar-refractivity contribution is -0.137. The first-order valence-electron chi connectivity index (χ1n) is 13.9. The van der Waals surface area contributed by atoms with Crippen molar-refractivity contribution in [3.8, 4) is 0 Å². The van der Waals surface area contributed by atoms with Gasteiger partial charge in [-0.05, 0) is 63.1 Å². The molecular formula is C29H29F4N5O6. The Kier molecular flexibility index (Phi) is 7.86. The van der Waals surface area contributed by atoms with E-state index in [1.54, 1.807) is 36.9 Å². The molecule has 1 aromatic heterocycles. The molecule has 1 unspecified atom stereocenters. The second-order valence-electron chi connectivity index (χ2n) is 10.9. The topological polar surface area (TPSA) is 125 Å². The van der Waals surface area contributed by atoms with Gasteiger partial charge in [0, 0.05) is 38.4 Å². The predicted octanol–water partition coefficient (Wildman–Crippen LogP) is 3.30. The first-order chi connectivity index (χ1) is 20.7. The molecule has 3 heterocycles. The average molecular weight is 620 g/mol. The van der Waals surface area contributed by atoms with Crippen LogP contribution in [0.15, 0.2) is 45.6 Å². The van der Waals surface area contributed by atoms with E-state index in [1.165, 1.54) is 16.5 Å². The van der Waals surface area contributed by atoms with Crippen molar-refractivity contribution >= 4 is 40.9 Å². The number of aryl methyl sites for hydroxylation is 1. The van der Waals surface area contributed by atoms with Crippen LogP contribution in [0.25, 0.3) is 11.1 Å². The molecule has 3 aromatic rings. The number of amides is 4. The zero-order chi connectivity index (χ0) is 32.1. The quantitative estimate of drug-likeness (QED) is 0.245. The molecule has 0 saturated carbocycles.